The number of rotatable bonds is 8. The van der Waals surface area contributed by atoms with E-state index in [4.69, 9.17) is 19.9 Å². The Bertz CT molecular complexity index is 974. The first kappa shape index (κ1) is 22.1. The van der Waals surface area contributed by atoms with E-state index >= 15 is 0 Å². The number of aryl methyl sites for hydroxylation is 1. The monoisotopic (exact) mass is 426 g/mol. The van der Waals surface area contributed by atoms with Crippen LogP contribution in [0.25, 0.3) is 0 Å². The smallest absolute Gasteiger partial charge is 0.338 e. The summed E-state index contributed by atoms with van der Waals surface area (Å²) in [4.78, 5) is 37.6. The van der Waals surface area contributed by atoms with E-state index < -0.39 is 11.9 Å². The Morgan fingerprint density at radius 1 is 1.10 bits per heavy atom. The van der Waals surface area contributed by atoms with Crippen molar-refractivity contribution in [2.24, 2.45) is 5.73 Å². The Morgan fingerprint density at radius 2 is 1.87 bits per heavy atom. The fourth-order valence-corrected chi connectivity index (χ4v) is 3.68. The molecule has 2 N–H and O–H groups in total. The van der Waals surface area contributed by atoms with Crippen LogP contribution in [0.15, 0.2) is 42.5 Å². The zero-order valence-electron chi connectivity index (χ0n) is 17.6. The van der Waals surface area contributed by atoms with Crippen LogP contribution in [0, 0.1) is 0 Å². The van der Waals surface area contributed by atoms with Crippen LogP contribution in [0.5, 0.6) is 11.5 Å². The summed E-state index contributed by atoms with van der Waals surface area (Å²) in [5.74, 6) is -1.05. The highest BCUT2D eigenvalue weighted by molar-refractivity contribution is 5.92. The van der Waals surface area contributed by atoms with Crippen molar-refractivity contribution in [2.75, 3.05) is 27.4 Å². The third-order valence-corrected chi connectivity index (χ3v) is 5.29. The normalized spacial score (nSPS) is 14.8. The van der Waals surface area contributed by atoms with Gasteiger partial charge in [0.05, 0.1) is 18.7 Å². The van der Waals surface area contributed by atoms with Gasteiger partial charge in [-0.3, -0.25) is 9.59 Å². The summed E-state index contributed by atoms with van der Waals surface area (Å²) in [6.07, 6.45) is 2.88. The largest absolute Gasteiger partial charge is 0.493 e. The molecule has 0 aromatic heterocycles. The number of hydrogen-bond acceptors (Lipinski definition) is 6. The van der Waals surface area contributed by atoms with Crippen molar-refractivity contribution in [1.29, 1.82) is 0 Å². The van der Waals surface area contributed by atoms with Gasteiger partial charge in [0.15, 0.2) is 24.7 Å². The van der Waals surface area contributed by atoms with E-state index in [2.05, 4.69) is 6.07 Å². The van der Waals surface area contributed by atoms with Gasteiger partial charge in [0.1, 0.15) is 0 Å². The minimum absolute atomic E-state index is 0.0297. The van der Waals surface area contributed by atoms with Crippen molar-refractivity contribution in [2.45, 2.75) is 25.3 Å². The number of benzene rings is 2. The average Bonchev–Trinajstić information content (AvgIpc) is 2.79. The number of nitrogens with zero attached hydrogens (tertiary/aromatic N) is 1. The van der Waals surface area contributed by atoms with E-state index in [1.165, 1.54) is 30.9 Å². The Balaban J connectivity index is 1.61. The van der Waals surface area contributed by atoms with E-state index in [-0.39, 0.29) is 42.2 Å². The van der Waals surface area contributed by atoms with Gasteiger partial charge in [-0.25, -0.2) is 4.79 Å². The van der Waals surface area contributed by atoms with Crippen molar-refractivity contribution in [3.05, 3.63) is 59.2 Å². The fourth-order valence-electron chi connectivity index (χ4n) is 3.68. The number of esters is 1. The molecule has 164 valence electrons. The van der Waals surface area contributed by atoms with Crippen LogP contribution in [-0.2, 0) is 20.7 Å². The SMILES string of the molecule is COc1cc(C(=O)OCC(=O)N(C)C2CCCc3ccccc32)ccc1OCC(N)=O. The third-order valence-electron chi connectivity index (χ3n) is 5.29. The molecule has 31 heavy (non-hydrogen) atoms. The quantitative estimate of drug-likeness (QED) is 0.649. The summed E-state index contributed by atoms with van der Waals surface area (Å²) in [6.45, 7) is -0.679. The van der Waals surface area contributed by atoms with Crippen LogP contribution in [0.2, 0.25) is 0 Å². The predicted molar refractivity (Wildman–Crippen MR) is 113 cm³/mol. The number of nitrogens with two attached hydrogens (primary N) is 1. The first-order valence-corrected chi connectivity index (χ1v) is 10.0. The maximum absolute atomic E-state index is 12.7. The third kappa shape index (κ3) is 5.33. The Hall–Kier alpha value is -3.55. The second-order valence-electron chi connectivity index (χ2n) is 7.31. The average molecular weight is 426 g/mol. The first-order chi connectivity index (χ1) is 14.9. The second kappa shape index (κ2) is 9.97. The lowest BCUT2D eigenvalue weighted by atomic mass is 9.87. The van der Waals surface area contributed by atoms with E-state index in [0.717, 1.165) is 24.8 Å². The number of methoxy groups -OCH3 is 1. The highest BCUT2D eigenvalue weighted by atomic mass is 16.5. The maximum Gasteiger partial charge on any atom is 0.338 e. The summed E-state index contributed by atoms with van der Waals surface area (Å²) >= 11 is 0. The van der Waals surface area contributed by atoms with Gasteiger partial charge in [-0.1, -0.05) is 24.3 Å². The van der Waals surface area contributed by atoms with E-state index in [0.29, 0.717) is 0 Å². The lowest BCUT2D eigenvalue weighted by Crippen LogP contribution is -2.36. The number of fused-ring (bicyclic) bond motifs is 1. The van der Waals surface area contributed by atoms with Gasteiger partial charge >= 0.3 is 5.97 Å². The van der Waals surface area contributed by atoms with Crippen LogP contribution in [-0.4, -0.2) is 50.1 Å². The molecule has 2 aromatic rings. The highest BCUT2D eigenvalue weighted by Gasteiger charge is 2.27. The first-order valence-electron chi connectivity index (χ1n) is 10.0. The van der Waals surface area contributed by atoms with Crippen LogP contribution >= 0.6 is 0 Å². The van der Waals surface area contributed by atoms with E-state index in [1.807, 2.05) is 18.2 Å². The fraction of sp³-hybridized carbons (Fsp3) is 0.348. The molecule has 1 aliphatic rings. The molecule has 3 rings (SSSR count). The summed E-state index contributed by atoms with van der Waals surface area (Å²) in [7, 11) is 3.14. The molecule has 1 atom stereocenters. The lowest BCUT2D eigenvalue weighted by Gasteiger charge is -2.33. The lowest BCUT2D eigenvalue weighted by molar-refractivity contribution is -0.135. The number of carbonyl (C=O) groups is 3. The van der Waals surface area contributed by atoms with Crippen LogP contribution in [0.3, 0.4) is 0 Å². The molecular weight excluding hydrogens is 400 g/mol. The number of carbonyl (C=O) groups excluding carboxylic acids is 3. The number of ether oxygens (including phenoxy) is 3. The zero-order chi connectivity index (χ0) is 22.4. The minimum Gasteiger partial charge on any atom is -0.493 e. The summed E-state index contributed by atoms with van der Waals surface area (Å²) < 4.78 is 15.6. The van der Waals surface area contributed by atoms with Crippen LogP contribution in [0.4, 0.5) is 0 Å². The van der Waals surface area contributed by atoms with Crippen LogP contribution < -0.4 is 15.2 Å². The van der Waals surface area contributed by atoms with Gasteiger partial charge in [0, 0.05) is 7.05 Å². The van der Waals surface area contributed by atoms with Crippen molar-refractivity contribution >= 4 is 17.8 Å². The minimum atomic E-state index is -0.662. The molecule has 2 aromatic carbocycles. The molecule has 0 aliphatic heterocycles. The van der Waals surface area contributed by atoms with Gasteiger partial charge in [0.2, 0.25) is 0 Å². The summed E-state index contributed by atoms with van der Waals surface area (Å²) in [5, 5.41) is 0. The molecular formula is C23H26N2O6. The van der Waals surface area contributed by atoms with E-state index in [9.17, 15) is 14.4 Å². The Labute approximate surface area is 180 Å². The standard InChI is InChI=1S/C23H26N2O6/c1-25(18-9-5-7-15-6-3-4-8-17(15)18)22(27)14-31-23(28)16-10-11-19(20(12-16)29-2)30-13-21(24)26/h3-4,6,8,10-12,18H,5,7,9,13-14H2,1-2H3,(H2,24,26). The Kier molecular flexibility index (Phi) is 7.12. The predicted octanol–water partition coefficient (Wildman–Crippen LogP) is 2.25. The molecule has 0 spiro atoms. The van der Waals surface area contributed by atoms with Gasteiger partial charge in [-0.15, -0.1) is 0 Å². The highest BCUT2D eigenvalue weighted by Crippen LogP contribution is 2.33. The summed E-state index contributed by atoms with van der Waals surface area (Å²) in [6, 6.07) is 12.4. The van der Waals surface area contributed by atoms with E-state index in [1.54, 1.807) is 11.9 Å². The van der Waals surface area contributed by atoms with Gasteiger partial charge in [0.25, 0.3) is 11.8 Å². The summed E-state index contributed by atoms with van der Waals surface area (Å²) in [5.41, 5.74) is 7.66. The number of amides is 2. The molecule has 0 fully saturated rings. The van der Waals surface area contributed by atoms with Crippen molar-refractivity contribution in [3.8, 4) is 11.5 Å². The van der Waals surface area contributed by atoms with Crippen molar-refractivity contribution in [3.63, 3.8) is 0 Å². The van der Waals surface area contributed by atoms with Crippen molar-refractivity contribution < 1.29 is 28.6 Å². The molecule has 0 bridgehead atoms. The second-order valence-corrected chi connectivity index (χ2v) is 7.31. The molecule has 8 heteroatoms. The topological polar surface area (TPSA) is 108 Å². The number of hydrogen-bond donors (Lipinski definition) is 1. The maximum atomic E-state index is 12.7. The molecule has 0 heterocycles. The van der Waals surface area contributed by atoms with Gasteiger partial charge in [-0.05, 0) is 48.6 Å². The Morgan fingerprint density at radius 3 is 2.61 bits per heavy atom. The molecule has 0 saturated heterocycles. The number of likely N-dealkylation sites (N-methyl/N-ethyl adjacent to an activating group) is 1. The van der Waals surface area contributed by atoms with Crippen molar-refractivity contribution in [1.82, 2.24) is 4.90 Å². The van der Waals surface area contributed by atoms with Gasteiger partial charge < -0.3 is 24.8 Å². The number of primary amides is 1. The van der Waals surface area contributed by atoms with Crippen LogP contribution in [0.1, 0.15) is 40.4 Å². The molecule has 0 saturated carbocycles. The molecule has 1 aliphatic carbocycles. The molecule has 2 amide bonds. The molecule has 1 unspecified atom stereocenters. The molecule has 0 radical (unpaired) electrons. The van der Waals surface area contributed by atoms with Gasteiger partial charge in [-0.2, -0.15) is 0 Å². The zero-order valence-corrected chi connectivity index (χ0v) is 17.6. The molecule has 8 nitrogen and oxygen atoms in total.